The van der Waals surface area contributed by atoms with Gasteiger partial charge in [0.05, 0.1) is 11.7 Å². The monoisotopic (exact) mass is 196 g/mol. The van der Waals surface area contributed by atoms with Gasteiger partial charge in [0.2, 0.25) is 0 Å². The molecule has 2 bridgehead atoms. The van der Waals surface area contributed by atoms with E-state index < -0.39 is 5.97 Å². The highest BCUT2D eigenvalue weighted by molar-refractivity contribution is 5.81. The Morgan fingerprint density at radius 2 is 2.21 bits per heavy atom. The van der Waals surface area contributed by atoms with Crippen molar-refractivity contribution in [3.05, 3.63) is 11.6 Å². The lowest BCUT2D eigenvalue weighted by molar-refractivity contribution is -0.131. The molecule has 2 heterocycles. The predicted octanol–water partition coefficient (Wildman–Crippen LogP) is 1.97. The lowest BCUT2D eigenvalue weighted by atomic mass is 9.66. The number of carboxylic acids is 1. The molecule has 0 aromatic heterocycles. The number of ether oxygens (including phenoxy) is 1. The van der Waals surface area contributed by atoms with E-state index >= 15 is 0 Å². The highest BCUT2D eigenvalue weighted by atomic mass is 16.5. The van der Waals surface area contributed by atoms with Gasteiger partial charge in [-0.15, -0.1) is 0 Å². The largest absolute Gasteiger partial charge is 0.478 e. The van der Waals surface area contributed by atoms with Gasteiger partial charge in [-0.2, -0.15) is 0 Å². The average Bonchev–Trinajstić information content (AvgIpc) is 2.35. The molecule has 0 saturated carbocycles. The van der Waals surface area contributed by atoms with Crippen LogP contribution in [0, 0.1) is 5.41 Å². The number of hydrogen-bond acceptors (Lipinski definition) is 2. The Hall–Kier alpha value is -0.830. The minimum absolute atomic E-state index is 0.0528. The maximum Gasteiger partial charge on any atom is 0.328 e. The Morgan fingerprint density at radius 3 is 2.64 bits per heavy atom. The second-order valence-electron chi connectivity index (χ2n) is 5.07. The molecule has 0 radical (unpaired) electrons. The summed E-state index contributed by atoms with van der Waals surface area (Å²) in [7, 11) is 0. The zero-order valence-corrected chi connectivity index (χ0v) is 8.83. The van der Waals surface area contributed by atoms with Crippen LogP contribution in [0.25, 0.3) is 0 Å². The lowest BCUT2D eigenvalue weighted by Crippen LogP contribution is -2.39. The van der Waals surface area contributed by atoms with Gasteiger partial charge in [0.15, 0.2) is 0 Å². The van der Waals surface area contributed by atoms with Crippen molar-refractivity contribution < 1.29 is 14.6 Å². The highest BCUT2D eigenvalue weighted by Gasteiger charge is 2.58. The number of fused-ring (bicyclic) bond motifs is 2. The lowest BCUT2D eigenvalue weighted by Gasteiger charge is -2.37. The summed E-state index contributed by atoms with van der Waals surface area (Å²) >= 11 is 0. The summed E-state index contributed by atoms with van der Waals surface area (Å²) in [6, 6.07) is 0. The maximum atomic E-state index is 10.7. The summed E-state index contributed by atoms with van der Waals surface area (Å²) < 4.78 is 5.86. The van der Waals surface area contributed by atoms with E-state index in [0.717, 1.165) is 18.4 Å². The molecule has 78 valence electrons. The van der Waals surface area contributed by atoms with Crippen molar-refractivity contribution in [2.75, 3.05) is 0 Å². The number of aliphatic carboxylic acids is 1. The van der Waals surface area contributed by atoms with Crippen LogP contribution in [0.4, 0.5) is 0 Å². The van der Waals surface area contributed by atoms with Gasteiger partial charge >= 0.3 is 5.97 Å². The Kier molecular flexibility index (Phi) is 1.80. The Labute approximate surface area is 83.8 Å². The van der Waals surface area contributed by atoms with Crippen LogP contribution in [0.15, 0.2) is 11.6 Å². The standard InChI is InChI=1S/C11H16O3/c1-10(2)6-8-4-7(5-9(12)13)11(10,3)14-8/h5,8H,4,6H2,1-3H3,(H,12,13)/t8-,11+/m1/s1. The van der Waals surface area contributed by atoms with Crippen molar-refractivity contribution in [3.8, 4) is 0 Å². The van der Waals surface area contributed by atoms with Crippen LogP contribution in [0.2, 0.25) is 0 Å². The molecule has 2 saturated heterocycles. The quantitative estimate of drug-likeness (QED) is 0.652. The first kappa shape index (κ1) is 9.71. The fraction of sp³-hybridized carbons (Fsp3) is 0.727. The van der Waals surface area contributed by atoms with Crippen LogP contribution >= 0.6 is 0 Å². The van der Waals surface area contributed by atoms with Crippen LogP contribution in [0.1, 0.15) is 33.6 Å². The van der Waals surface area contributed by atoms with Gasteiger partial charge in [-0.1, -0.05) is 13.8 Å². The summed E-state index contributed by atoms with van der Waals surface area (Å²) in [5.74, 6) is -0.867. The molecule has 2 aliphatic heterocycles. The molecule has 3 nitrogen and oxygen atoms in total. The van der Waals surface area contributed by atoms with E-state index in [-0.39, 0.29) is 17.1 Å². The third-order valence-corrected chi connectivity index (χ3v) is 3.79. The maximum absolute atomic E-state index is 10.7. The van der Waals surface area contributed by atoms with Crippen LogP contribution < -0.4 is 0 Å². The van der Waals surface area contributed by atoms with Gasteiger partial charge in [0, 0.05) is 6.08 Å². The first-order valence-electron chi connectivity index (χ1n) is 4.97. The third-order valence-electron chi connectivity index (χ3n) is 3.79. The number of carbonyl (C=O) groups is 1. The molecule has 0 spiro atoms. The minimum atomic E-state index is -0.867. The summed E-state index contributed by atoms with van der Waals surface area (Å²) in [5.41, 5.74) is 0.624. The molecule has 2 rings (SSSR count). The summed E-state index contributed by atoms with van der Waals surface area (Å²) in [4.78, 5) is 10.7. The molecule has 3 heteroatoms. The second kappa shape index (κ2) is 2.60. The molecule has 0 aliphatic carbocycles. The van der Waals surface area contributed by atoms with Crippen molar-refractivity contribution in [1.82, 2.24) is 0 Å². The average molecular weight is 196 g/mol. The van der Waals surface area contributed by atoms with E-state index in [9.17, 15) is 4.79 Å². The van der Waals surface area contributed by atoms with Gasteiger partial charge in [0.25, 0.3) is 0 Å². The number of rotatable bonds is 1. The third kappa shape index (κ3) is 1.12. The van der Waals surface area contributed by atoms with Crippen molar-refractivity contribution in [2.24, 2.45) is 5.41 Å². The molecule has 0 aromatic carbocycles. The Morgan fingerprint density at radius 1 is 1.57 bits per heavy atom. The van der Waals surface area contributed by atoms with Crippen LogP contribution in [-0.2, 0) is 9.53 Å². The van der Waals surface area contributed by atoms with Crippen LogP contribution in [0.3, 0.4) is 0 Å². The highest BCUT2D eigenvalue weighted by Crippen LogP contribution is 2.57. The molecule has 0 unspecified atom stereocenters. The molecular weight excluding hydrogens is 180 g/mol. The summed E-state index contributed by atoms with van der Waals surface area (Å²) in [5, 5.41) is 8.75. The summed E-state index contributed by atoms with van der Waals surface area (Å²) in [6.45, 7) is 6.29. The Bertz CT molecular complexity index is 316. The molecule has 14 heavy (non-hydrogen) atoms. The molecule has 2 aliphatic rings. The first-order chi connectivity index (χ1) is 6.35. The van der Waals surface area contributed by atoms with Gasteiger partial charge < -0.3 is 9.84 Å². The summed E-state index contributed by atoms with van der Waals surface area (Å²) in [6.07, 6.45) is 3.36. The van der Waals surface area contributed by atoms with Crippen molar-refractivity contribution in [2.45, 2.75) is 45.3 Å². The zero-order chi connectivity index (χ0) is 10.6. The fourth-order valence-corrected chi connectivity index (χ4v) is 2.71. The molecular formula is C11H16O3. The minimum Gasteiger partial charge on any atom is -0.478 e. The van der Waals surface area contributed by atoms with E-state index in [4.69, 9.17) is 9.84 Å². The molecule has 0 amide bonds. The van der Waals surface area contributed by atoms with Gasteiger partial charge in [-0.3, -0.25) is 0 Å². The van der Waals surface area contributed by atoms with Crippen molar-refractivity contribution in [1.29, 1.82) is 0 Å². The van der Waals surface area contributed by atoms with E-state index in [1.54, 1.807) is 0 Å². The van der Waals surface area contributed by atoms with E-state index in [1.165, 1.54) is 6.08 Å². The second-order valence-corrected chi connectivity index (χ2v) is 5.07. The van der Waals surface area contributed by atoms with E-state index in [1.807, 2.05) is 6.92 Å². The van der Waals surface area contributed by atoms with E-state index in [2.05, 4.69) is 13.8 Å². The van der Waals surface area contributed by atoms with Crippen molar-refractivity contribution in [3.63, 3.8) is 0 Å². The first-order valence-corrected chi connectivity index (χ1v) is 4.97. The predicted molar refractivity (Wildman–Crippen MR) is 52.0 cm³/mol. The smallest absolute Gasteiger partial charge is 0.328 e. The van der Waals surface area contributed by atoms with E-state index in [0.29, 0.717) is 0 Å². The number of hydrogen-bond donors (Lipinski definition) is 1. The van der Waals surface area contributed by atoms with Gasteiger partial charge in [-0.25, -0.2) is 4.79 Å². The molecule has 1 N–H and O–H groups in total. The van der Waals surface area contributed by atoms with Gasteiger partial charge in [0.1, 0.15) is 0 Å². The number of carboxylic acid groups (broad SMARTS) is 1. The van der Waals surface area contributed by atoms with Gasteiger partial charge in [-0.05, 0) is 30.8 Å². The van der Waals surface area contributed by atoms with Crippen molar-refractivity contribution >= 4 is 5.97 Å². The Balaban J connectivity index is 2.38. The SMILES string of the molecule is CC1(C)C[C@H]2CC(=CC(=O)O)[C@]1(C)O2. The van der Waals surface area contributed by atoms with Crippen LogP contribution in [-0.4, -0.2) is 22.8 Å². The topological polar surface area (TPSA) is 46.5 Å². The fourth-order valence-electron chi connectivity index (χ4n) is 2.71. The molecule has 0 aromatic rings. The molecule has 2 fully saturated rings. The van der Waals surface area contributed by atoms with Crippen LogP contribution in [0.5, 0.6) is 0 Å². The normalized spacial score (nSPS) is 41.9. The zero-order valence-electron chi connectivity index (χ0n) is 8.83. The molecule has 2 atom stereocenters.